The fourth-order valence-corrected chi connectivity index (χ4v) is 1.57. The van der Waals surface area contributed by atoms with Crippen molar-refractivity contribution in [3.63, 3.8) is 0 Å². The van der Waals surface area contributed by atoms with E-state index in [2.05, 4.69) is 4.98 Å². The Morgan fingerprint density at radius 1 is 1.53 bits per heavy atom. The number of aryl methyl sites for hydroxylation is 1. The molecule has 0 unspecified atom stereocenters. The maximum Gasteiger partial charge on any atom is 0.329 e. The molecule has 0 radical (unpaired) electrons. The monoisotopic (exact) mass is 239 g/mol. The molecule has 1 heterocycles. The van der Waals surface area contributed by atoms with Crippen molar-refractivity contribution in [1.82, 2.24) is 14.5 Å². The first-order chi connectivity index (χ1) is 7.80. The molecular weight excluding hydrogens is 222 g/mol. The number of rotatable bonds is 4. The molecule has 0 bridgehead atoms. The van der Waals surface area contributed by atoms with Crippen LogP contribution in [0.1, 0.15) is 31.3 Å². The number of aromatic nitrogens is 2. The SMILES string of the molecule is CCN(C(=O)c1cn(C)cn1)C(C)(C)C(=O)O. The number of imidazole rings is 1. The largest absolute Gasteiger partial charge is 0.480 e. The number of carboxylic acids is 1. The highest BCUT2D eigenvalue weighted by atomic mass is 16.4. The lowest BCUT2D eigenvalue weighted by molar-refractivity contribution is -0.147. The normalized spacial score (nSPS) is 11.3. The van der Waals surface area contributed by atoms with Crippen LogP contribution < -0.4 is 0 Å². The molecule has 1 N–H and O–H groups in total. The molecule has 1 amide bonds. The van der Waals surface area contributed by atoms with Crippen molar-refractivity contribution in [2.75, 3.05) is 6.54 Å². The number of hydrogen-bond donors (Lipinski definition) is 1. The number of hydrogen-bond acceptors (Lipinski definition) is 3. The van der Waals surface area contributed by atoms with E-state index < -0.39 is 11.5 Å². The lowest BCUT2D eigenvalue weighted by Gasteiger charge is -2.33. The van der Waals surface area contributed by atoms with Crippen molar-refractivity contribution >= 4 is 11.9 Å². The lowest BCUT2D eigenvalue weighted by atomic mass is 10.0. The van der Waals surface area contributed by atoms with Gasteiger partial charge in [-0.2, -0.15) is 0 Å². The Labute approximate surface area is 99.9 Å². The number of carbonyl (C=O) groups is 2. The minimum absolute atomic E-state index is 0.253. The van der Waals surface area contributed by atoms with Gasteiger partial charge in [0.05, 0.1) is 6.33 Å². The predicted octanol–water partition coefficient (Wildman–Crippen LogP) is 0.745. The minimum atomic E-state index is -1.25. The first-order valence-corrected chi connectivity index (χ1v) is 5.34. The summed E-state index contributed by atoms with van der Waals surface area (Å²) in [5.41, 5.74) is -0.993. The van der Waals surface area contributed by atoms with Crippen molar-refractivity contribution in [2.45, 2.75) is 26.3 Å². The van der Waals surface area contributed by atoms with Crippen LogP contribution in [0, 0.1) is 0 Å². The van der Waals surface area contributed by atoms with Crippen LogP contribution in [0.3, 0.4) is 0 Å². The summed E-state index contributed by atoms with van der Waals surface area (Å²) in [6.07, 6.45) is 3.08. The van der Waals surface area contributed by atoms with Crippen molar-refractivity contribution in [3.05, 3.63) is 18.2 Å². The Balaban J connectivity index is 3.04. The van der Waals surface area contributed by atoms with Crippen molar-refractivity contribution in [1.29, 1.82) is 0 Å². The Bertz CT molecular complexity index is 437. The summed E-state index contributed by atoms with van der Waals surface area (Å²) in [7, 11) is 1.75. The Morgan fingerprint density at radius 2 is 2.12 bits per heavy atom. The van der Waals surface area contributed by atoms with Gasteiger partial charge in [-0.05, 0) is 20.8 Å². The van der Waals surface area contributed by atoms with Crippen molar-refractivity contribution in [2.24, 2.45) is 7.05 Å². The van der Waals surface area contributed by atoms with E-state index in [1.165, 1.54) is 25.1 Å². The highest BCUT2D eigenvalue weighted by molar-refractivity contribution is 5.96. The summed E-state index contributed by atoms with van der Waals surface area (Å²) in [5.74, 6) is -1.41. The van der Waals surface area contributed by atoms with Gasteiger partial charge in [0.15, 0.2) is 0 Å². The van der Waals surface area contributed by atoms with Crippen molar-refractivity contribution in [3.8, 4) is 0 Å². The number of nitrogens with zero attached hydrogens (tertiary/aromatic N) is 3. The molecule has 1 aromatic heterocycles. The third kappa shape index (κ3) is 2.46. The van der Waals surface area contributed by atoms with Crippen LogP contribution >= 0.6 is 0 Å². The number of carbonyl (C=O) groups excluding carboxylic acids is 1. The molecule has 0 saturated heterocycles. The van der Waals surface area contributed by atoms with E-state index in [9.17, 15) is 9.59 Å². The third-order valence-electron chi connectivity index (χ3n) is 2.68. The number of carboxylic acid groups (broad SMARTS) is 1. The fraction of sp³-hybridized carbons (Fsp3) is 0.545. The fourth-order valence-electron chi connectivity index (χ4n) is 1.57. The summed E-state index contributed by atoms with van der Waals surface area (Å²) >= 11 is 0. The number of likely N-dealkylation sites (N-methyl/N-ethyl adjacent to an activating group) is 1. The van der Waals surface area contributed by atoms with Crippen molar-refractivity contribution < 1.29 is 14.7 Å². The van der Waals surface area contributed by atoms with Gasteiger partial charge in [-0.3, -0.25) is 4.79 Å². The number of amides is 1. The second-order valence-corrected chi connectivity index (χ2v) is 4.34. The number of aliphatic carboxylic acids is 1. The summed E-state index contributed by atoms with van der Waals surface area (Å²) < 4.78 is 1.65. The topological polar surface area (TPSA) is 75.4 Å². The van der Waals surface area contributed by atoms with E-state index in [0.29, 0.717) is 6.54 Å². The summed E-state index contributed by atoms with van der Waals surface area (Å²) in [6.45, 7) is 5.06. The minimum Gasteiger partial charge on any atom is -0.480 e. The molecule has 0 aliphatic heterocycles. The smallest absolute Gasteiger partial charge is 0.329 e. The molecule has 17 heavy (non-hydrogen) atoms. The second kappa shape index (κ2) is 4.57. The highest BCUT2D eigenvalue weighted by Gasteiger charge is 2.37. The summed E-state index contributed by atoms with van der Waals surface area (Å²) in [4.78, 5) is 28.5. The van der Waals surface area contributed by atoms with Gasteiger partial charge >= 0.3 is 5.97 Å². The third-order valence-corrected chi connectivity index (χ3v) is 2.68. The lowest BCUT2D eigenvalue weighted by Crippen LogP contribution is -2.53. The van der Waals surface area contributed by atoms with Gasteiger partial charge in [0, 0.05) is 19.8 Å². The van der Waals surface area contributed by atoms with E-state index in [4.69, 9.17) is 5.11 Å². The van der Waals surface area contributed by atoms with Crippen LogP contribution in [0.25, 0.3) is 0 Å². The Kier molecular flexibility index (Phi) is 3.55. The molecule has 0 aliphatic carbocycles. The summed E-state index contributed by atoms with van der Waals surface area (Å²) in [5, 5.41) is 9.12. The Hall–Kier alpha value is -1.85. The van der Waals surface area contributed by atoms with Gasteiger partial charge in [0.1, 0.15) is 11.2 Å². The zero-order valence-corrected chi connectivity index (χ0v) is 10.5. The van der Waals surface area contributed by atoms with Crippen LogP contribution in [0.4, 0.5) is 0 Å². The van der Waals surface area contributed by atoms with E-state index in [1.54, 1.807) is 24.7 Å². The molecule has 0 atom stereocenters. The standard InChI is InChI=1S/C11H17N3O3/c1-5-14(11(2,3)10(16)17)9(15)8-6-13(4)7-12-8/h6-7H,5H2,1-4H3,(H,16,17). The van der Waals surface area contributed by atoms with E-state index >= 15 is 0 Å². The van der Waals surface area contributed by atoms with E-state index in [1.807, 2.05) is 0 Å². The molecular formula is C11H17N3O3. The summed E-state index contributed by atoms with van der Waals surface area (Å²) in [6, 6.07) is 0. The van der Waals surface area contributed by atoms with E-state index in [-0.39, 0.29) is 11.6 Å². The van der Waals surface area contributed by atoms with Gasteiger partial charge in [0.25, 0.3) is 5.91 Å². The first kappa shape index (κ1) is 13.2. The molecule has 1 aromatic rings. The van der Waals surface area contributed by atoms with Gasteiger partial charge in [-0.25, -0.2) is 9.78 Å². The molecule has 6 heteroatoms. The molecule has 0 fully saturated rings. The van der Waals surface area contributed by atoms with Crippen LogP contribution in [-0.4, -0.2) is 43.5 Å². The zero-order chi connectivity index (χ0) is 13.2. The maximum atomic E-state index is 12.1. The average Bonchev–Trinajstić information content (AvgIpc) is 2.65. The van der Waals surface area contributed by atoms with Crippen LogP contribution in [0.15, 0.2) is 12.5 Å². The quantitative estimate of drug-likeness (QED) is 0.841. The zero-order valence-electron chi connectivity index (χ0n) is 10.5. The molecule has 1 rings (SSSR count). The molecule has 0 aliphatic rings. The molecule has 6 nitrogen and oxygen atoms in total. The molecule has 0 aromatic carbocycles. The molecule has 0 saturated carbocycles. The second-order valence-electron chi connectivity index (χ2n) is 4.34. The first-order valence-electron chi connectivity index (χ1n) is 5.34. The van der Waals surface area contributed by atoms with Gasteiger partial charge in [-0.1, -0.05) is 0 Å². The molecule has 0 spiro atoms. The van der Waals surface area contributed by atoms with Gasteiger partial charge < -0.3 is 14.6 Å². The van der Waals surface area contributed by atoms with Gasteiger partial charge in [0.2, 0.25) is 0 Å². The van der Waals surface area contributed by atoms with Crippen LogP contribution in [-0.2, 0) is 11.8 Å². The highest BCUT2D eigenvalue weighted by Crippen LogP contribution is 2.17. The van der Waals surface area contributed by atoms with Crippen LogP contribution in [0.2, 0.25) is 0 Å². The van der Waals surface area contributed by atoms with E-state index in [0.717, 1.165) is 0 Å². The Morgan fingerprint density at radius 3 is 2.47 bits per heavy atom. The van der Waals surface area contributed by atoms with Crippen LogP contribution in [0.5, 0.6) is 0 Å². The average molecular weight is 239 g/mol. The molecule has 94 valence electrons. The maximum absolute atomic E-state index is 12.1. The predicted molar refractivity (Wildman–Crippen MR) is 61.6 cm³/mol. The van der Waals surface area contributed by atoms with Gasteiger partial charge in [-0.15, -0.1) is 0 Å².